The Kier molecular flexibility index (Phi) is 17.2. The van der Waals surface area contributed by atoms with Crippen LogP contribution in [0.4, 0.5) is 0 Å². The quantitative estimate of drug-likeness (QED) is 0.0736. The van der Waals surface area contributed by atoms with Crippen molar-refractivity contribution in [2.24, 2.45) is 40.4 Å². The van der Waals surface area contributed by atoms with Crippen LogP contribution in [0.5, 0.6) is 0 Å². The molecule has 0 aromatic rings. The number of methoxy groups -OCH3 is 1. The van der Waals surface area contributed by atoms with Gasteiger partial charge in [-0.25, -0.2) is 0 Å². The number of ether oxygens (including phenoxy) is 10. The Balaban J connectivity index is 0.874. The predicted octanol–water partition coefficient (Wildman–Crippen LogP) is -2.82. The first-order chi connectivity index (χ1) is 35.0. The van der Waals surface area contributed by atoms with E-state index in [1.165, 1.54) is 6.92 Å². The van der Waals surface area contributed by atoms with Crippen molar-refractivity contribution in [3.05, 3.63) is 23.8 Å². The van der Waals surface area contributed by atoms with Gasteiger partial charge in [0.1, 0.15) is 85.5 Å². The summed E-state index contributed by atoms with van der Waals surface area (Å²) < 4.78 is 61.0. The first-order valence-corrected chi connectivity index (χ1v) is 26.5. The molecular formula is C51H82O23. The van der Waals surface area contributed by atoms with Crippen LogP contribution in [0.25, 0.3) is 0 Å². The number of aliphatic hydroxyl groups is 13. The standard InChI is InChI=1S/C51H82O23/c1-20(18-66-45-40(62)38(60)36(58)30(16-52)69-45)9-12-51(65-6)21(2)33-29(74-51)15-27-25-8-7-23-13-24(54)14-32(50(23,5)26(25)10-11-49(27,33)4)71-48-44(35(57)28(55)19-67-48)73-47-42(64)43(34(56)22(3)68-47)72-46-41(63)39(61)37(59)31(17-53)70-46/h7,21-22,24-48,52-64H,1,8-19H2,2-6H3. The Morgan fingerprint density at radius 2 is 1.35 bits per heavy atom. The van der Waals surface area contributed by atoms with Crippen molar-refractivity contribution >= 4 is 0 Å². The van der Waals surface area contributed by atoms with Crippen LogP contribution in [0, 0.1) is 40.4 Å². The van der Waals surface area contributed by atoms with Crippen molar-refractivity contribution < 1.29 is 114 Å². The van der Waals surface area contributed by atoms with Crippen LogP contribution in [0.15, 0.2) is 23.8 Å². The smallest absolute Gasteiger partial charge is 0.187 e. The van der Waals surface area contributed by atoms with Crippen LogP contribution in [-0.2, 0) is 47.4 Å². The van der Waals surface area contributed by atoms with Crippen LogP contribution in [-0.4, -0.2) is 241 Å². The van der Waals surface area contributed by atoms with E-state index >= 15 is 0 Å². The zero-order valence-corrected chi connectivity index (χ0v) is 42.8. The molecule has 9 aliphatic rings. The molecule has 30 atom stereocenters. The molecule has 8 fully saturated rings. The third-order valence-electron chi connectivity index (χ3n) is 19.2. The van der Waals surface area contributed by atoms with Crippen LogP contribution in [0.3, 0.4) is 0 Å². The van der Waals surface area contributed by atoms with E-state index < -0.39 is 153 Å². The van der Waals surface area contributed by atoms with Gasteiger partial charge in [0, 0.05) is 31.3 Å². The molecule has 5 saturated heterocycles. The average molecular weight is 1060 g/mol. The number of allylic oxidation sites excluding steroid dienone is 1. The summed E-state index contributed by atoms with van der Waals surface area (Å²) in [5, 5.41) is 138. The fourth-order valence-corrected chi connectivity index (χ4v) is 15.0. The van der Waals surface area contributed by atoms with E-state index in [0.29, 0.717) is 24.8 Å². The second-order valence-corrected chi connectivity index (χ2v) is 23.2. The molecule has 23 heteroatoms. The van der Waals surface area contributed by atoms with Crippen LogP contribution < -0.4 is 0 Å². The molecule has 4 aliphatic carbocycles. The van der Waals surface area contributed by atoms with Crippen molar-refractivity contribution in [2.75, 3.05) is 33.5 Å². The van der Waals surface area contributed by atoms with Gasteiger partial charge in [0.05, 0.1) is 50.8 Å². The molecule has 5 heterocycles. The molecule has 9 rings (SSSR count). The van der Waals surface area contributed by atoms with Gasteiger partial charge in [0.2, 0.25) is 0 Å². The molecule has 3 saturated carbocycles. The lowest BCUT2D eigenvalue weighted by Crippen LogP contribution is -2.65. The molecule has 0 radical (unpaired) electrons. The molecule has 13 N–H and O–H groups in total. The van der Waals surface area contributed by atoms with Gasteiger partial charge in [-0.15, -0.1) is 0 Å². The topological polar surface area (TPSA) is 355 Å². The average Bonchev–Trinajstić information content (AvgIpc) is 3.84. The maximum atomic E-state index is 11.6. The summed E-state index contributed by atoms with van der Waals surface area (Å²) in [5.74, 6) is -0.179. The van der Waals surface area contributed by atoms with Crippen LogP contribution >= 0.6 is 0 Å². The third-order valence-corrected chi connectivity index (χ3v) is 19.2. The van der Waals surface area contributed by atoms with Gasteiger partial charge in [-0.05, 0) is 74.5 Å². The Bertz CT molecular complexity index is 1960. The number of fused-ring (bicyclic) bond motifs is 7. The van der Waals surface area contributed by atoms with Gasteiger partial charge in [-0.2, -0.15) is 0 Å². The second kappa shape index (κ2) is 22.2. The second-order valence-electron chi connectivity index (χ2n) is 23.2. The number of aliphatic hydroxyl groups excluding tert-OH is 13. The highest BCUT2D eigenvalue weighted by Gasteiger charge is 2.69. The predicted molar refractivity (Wildman–Crippen MR) is 250 cm³/mol. The van der Waals surface area contributed by atoms with Gasteiger partial charge >= 0.3 is 0 Å². The summed E-state index contributed by atoms with van der Waals surface area (Å²) in [4.78, 5) is 0. The molecule has 30 unspecified atom stereocenters. The highest BCUT2D eigenvalue weighted by molar-refractivity contribution is 5.29. The maximum absolute atomic E-state index is 11.6. The molecule has 424 valence electrons. The molecule has 0 bridgehead atoms. The Morgan fingerprint density at radius 1 is 0.716 bits per heavy atom. The van der Waals surface area contributed by atoms with E-state index in [1.807, 2.05) is 0 Å². The molecule has 0 aromatic heterocycles. The lowest BCUT2D eigenvalue weighted by atomic mass is 9.46. The Morgan fingerprint density at radius 3 is 2.01 bits per heavy atom. The van der Waals surface area contributed by atoms with Crippen molar-refractivity contribution in [2.45, 2.75) is 220 Å². The summed E-state index contributed by atoms with van der Waals surface area (Å²) in [6.45, 7) is 10.8. The summed E-state index contributed by atoms with van der Waals surface area (Å²) in [6, 6.07) is 0. The molecule has 5 aliphatic heterocycles. The highest BCUT2D eigenvalue weighted by Crippen LogP contribution is 2.70. The van der Waals surface area contributed by atoms with Gasteiger partial charge in [0.15, 0.2) is 30.9 Å². The van der Waals surface area contributed by atoms with Crippen LogP contribution in [0.1, 0.15) is 79.1 Å². The maximum Gasteiger partial charge on any atom is 0.187 e. The monoisotopic (exact) mass is 1060 g/mol. The fraction of sp³-hybridized carbons (Fsp3) is 0.922. The molecular weight excluding hydrogens is 981 g/mol. The number of rotatable bonds is 15. The van der Waals surface area contributed by atoms with Crippen molar-refractivity contribution in [3.8, 4) is 0 Å². The van der Waals surface area contributed by atoms with Gasteiger partial charge < -0.3 is 114 Å². The van der Waals surface area contributed by atoms with E-state index in [-0.39, 0.29) is 60.7 Å². The van der Waals surface area contributed by atoms with Gasteiger partial charge in [-0.3, -0.25) is 0 Å². The molecule has 74 heavy (non-hydrogen) atoms. The lowest BCUT2D eigenvalue weighted by molar-refractivity contribution is -0.381. The summed E-state index contributed by atoms with van der Waals surface area (Å²) in [7, 11) is 1.66. The third kappa shape index (κ3) is 9.92. The van der Waals surface area contributed by atoms with Crippen molar-refractivity contribution in [3.63, 3.8) is 0 Å². The van der Waals surface area contributed by atoms with E-state index in [4.69, 9.17) is 47.4 Å². The Hall–Kier alpha value is -1.44. The summed E-state index contributed by atoms with van der Waals surface area (Å²) in [6.07, 6.45) is -23.2. The minimum Gasteiger partial charge on any atom is -0.394 e. The van der Waals surface area contributed by atoms with E-state index in [9.17, 15) is 66.4 Å². The number of hydrogen-bond acceptors (Lipinski definition) is 23. The SMILES string of the molecule is C=C(CCC1(OC)OC2CC3C4CC=C5CC(O)CC(OC6OCC(O)C(O)C6OC6OC(C)C(O)C(OC7OC(CO)C(O)C(O)C7O)C6O)C5(C)C4CCC3(C)C2C1C)COC1OC(CO)C(O)C(O)C1O. The normalized spacial score (nSPS) is 54.4. The van der Waals surface area contributed by atoms with Gasteiger partial charge in [-0.1, -0.05) is 44.6 Å². The highest BCUT2D eigenvalue weighted by atomic mass is 16.8. The lowest BCUT2D eigenvalue weighted by Gasteiger charge is -2.60. The zero-order chi connectivity index (χ0) is 53.5. The van der Waals surface area contributed by atoms with E-state index in [2.05, 4.69) is 33.4 Å². The first-order valence-electron chi connectivity index (χ1n) is 26.5. The molecule has 0 spiro atoms. The van der Waals surface area contributed by atoms with E-state index in [0.717, 1.165) is 31.3 Å². The molecule has 23 nitrogen and oxygen atoms in total. The Labute approximate surface area is 430 Å². The summed E-state index contributed by atoms with van der Waals surface area (Å²) in [5.41, 5.74) is 1.01. The minimum atomic E-state index is -1.84. The van der Waals surface area contributed by atoms with E-state index in [1.54, 1.807) is 7.11 Å². The zero-order valence-electron chi connectivity index (χ0n) is 42.8. The molecule has 0 aromatic carbocycles. The van der Waals surface area contributed by atoms with Crippen LogP contribution in [0.2, 0.25) is 0 Å². The summed E-state index contributed by atoms with van der Waals surface area (Å²) >= 11 is 0. The minimum absolute atomic E-state index is 0.0101. The largest absolute Gasteiger partial charge is 0.394 e. The van der Waals surface area contributed by atoms with Gasteiger partial charge in [0.25, 0.3) is 0 Å². The van der Waals surface area contributed by atoms with Crippen molar-refractivity contribution in [1.29, 1.82) is 0 Å². The fourth-order valence-electron chi connectivity index (χ4n) is 15.0. The van der Waals surface area contributed by atoms with Crippen molar-refractivity contribution in [1.82, 2.24) is 0 Å². The molecule has 0 amide bonds. The first kappa shape index (κ1) is 57.3. The number of hydrogen-bond donors (Lipinski definition) is 13.